The lowest BCUT2D eigenvalue weighted by molar-refractivity contribution is 0.0902. The molecule has 32 heavy (non-hydrogen) atoms. The van der Waals surface area contributed by atoms with Crippen molar-refractivity contribution in [3.63, 3.8) is 0 Å². The smallest absolute Gasteiger partial charge is 0.250 e. The number of ether oxygens (including phenoxy) is 1. The Bertz CT molecular complexity index is 1220. The molecule has 0 unspecified atom stereocenters. The molecule has 1 fully saturated rings. The summed E-state index contributed by atoms with van der Waals surface area (Å²) in [5.74, 6) is -0.317. The van der Waals surface area contributed by atoms with Gasteiger partial charge in [0.1, 0.15) is 5.65 Å². The molecule has 1 aliphatic heterocycles. The Morgan fingerprint density at radius 3 is 2.75 bits per heavy atom. The molecular formula is C25H28N4O3. The molecule has 5 rings (SSSR count). The van der Waals surface area contributed by atoms with E-state index in [0.29, 0.717) is 30.9 Å². The Morgan fingerprint density at radius 1 is 1.22 bits per heavy atom. The molecule has 1 amide bonds. The Morgan fingerprint density at radius 2 is 2.00 bits per heavy atom. The van der Waals surface area contributed by atoms with Gasteiger partial charge < -0.3 is 15.8 Å². The fraction of sp³-hybridized carbons (Fsp3) is 0.400. The highest BCUT2D eigenvalue weighted by Gasteiger charge is 2.36. The first-order chi connectivity index (χ1) is 15.3. The van der Waals surface area contributed by atoms with E-state index in [1.54, 1.807) is 12.3 Å². The second-order valence-electron chi connectivity index (χ2n) is 9.60. The van der Waals surface area contributed by atoms with Crippen LogP contribution in [0.5, 0.6) is 0 Å². The van der Waals surface area contributed by atoms with Crippen LogP contribution in [0.15, 0.2) is 36.5 Å². The number of Topliss-reactive ketones (excluding diaryl/α,β-unsaturated/α-hetero) is 1. The highest BCUT2D eigenvalue weighted by Crippen LogP contribution is 2.41. The van der Waals surface area contributed by atoms with Gasteiger partial charge in [-0.15, -0.1) is 0 Å². The minimum Gasteiger partial charge on any atom is -0.381 e. The quantitative estimate of drug-likeness (QED) is 0.652. The molecule has 166 valence electrons. The SMILES string of the molecule is CC1(C)CC(=O)c2c(n(-c3ccc(C(N)=O)c(NC4CCOCC4)c3)c3ncccc23)C1. The van der Waals surface area contributed by atoms with Gasteiger partial charge in [0.05, 0.1) is 5.56 Å². The maximum Gasteiger partial charge on any atom is 0.250 e. The van der Waals surface area contributed by atoms with Gasteiger partial charge in [0, 0.05) is 59.9 Å². The lowest BCUT2D eigenvalue weighted by atomic mass is 9.75. The van der Waals surface area contributed by atoms with Gasteiger partial charge in [-0.05, 0) is 55.0 Å². The number of aromatic nitrogens is 2. The predicted octanol–water partition coefficient (Wildman–Crippen LogP) is 3.87. The average Bonchev–Trinajstić information content (AvgIpc) is 3.07. The summed E-state index contributed by atoms with van der Waals surface area (Å²) in [5.41, 5.74) is 10.1. The first kappa shape index (κ1) is 20.7. The largest absolute Gasteiger partial charge is 0.381 e. The molecular weight excluding hydrogens is 404 g/mol. The van der Waals surface area contributed by atoms with Crippen LogP contribution in [-0.2, 0) is 11.2 Å². The molecule has 0 saturated carbocycles. The predicted molar refractivity (Wildman–Crippen MR) is 123 cm³/mol. The number of benzene rings is 1. The topological polar surface area (TPSA) is 99.2 Å². The van der Waals surface area contributed by atoms with Crippen molar-refractivity contribution in [2.24, 2.45) is 11.1 Å². The zero-order valence-electron chi connectivity index (χ0n) is 18.5. The summed E-state index contributed by atoms with van der Waals surface area (Å²) in [5, 5.41) is 4.38. The van der Waals surface area contributed by atoms with Crippen LogP contribution in [0.4, 0.5) is 5.69 Å². The number of primary amides is 1. The molecule has 3 aromatic rings. The third-order valence-corrected chi connectivity index (χ3v) is 6.50. The monoisotopic (exact) mass is 432 g/mol. The number of anilines is 1. The van der Waals surface area contributed by atoms with Crippen LogP contribution in [0.1, 0.15) is 59.5 Å². The maximum atomic E-state index is 13.1. The lowest BCUT2D eigenvalue weighted by Crippen LogP contribution is -2.29. The summed E-state index contributed by atoms with van der Waals surface area (Å²) in [6, 6.07) is 9.65. The number of amides is 1. The lowest BCUT2D eigenvalue weighted by Gasteiger charge is -2.30. The van der Waals surface area contributed by atoms with Crippen molar-refractivity contribution >= 4 is 28.4 Å². The van der Waals surface area contributed by atoms with E-state index in [0.717, 1.165) is 47.2 Å². The van der Waals surface area contributed by atoms with Crippen LogP contribution in [0, 0.1) is 5.41 Å². The van der Waals surface area contributed by atoms with E-state index in [4.69, 9.17) is 10.5 Å². The van der Waals surface area contributed by atoms with Gasteiger partial charge in [0.2, 0.25) is 0 Å². The number of fused-ring (bicyclic) bond motifs is 3. The van der Waals surface area contributed by atoms with Crippen LogP contribution >= 0.6 is 0 Å². The van der Waals surface area contributed by atoms with E-state index in [1.165, 1.54) is 0 Å². The van der Waals surface area contributed by atoms with E-state index in [-0.39, 0.29) is 17.2 Å². The molecule has 2 aliphatic rings. The first-order valence-corrected chi connectivity index (χ1v) is 11.1. The Labute approximate surface area is 187 Å². The number of pyridine rings is 1. The van der Waals surface area contributed by atoms with E-state index in [2.05, 4.69) is 28.7 Å². The zero-order chi connectivity index (χ0) is 22.5. The second kappa shape index (κ2) is 7.74. The van der Waals surface area contributed by atoms with Crippen molar-refractivity contribution in [1.82, 2.24) is 9.55 Å². The molecule has 3 N–H and O–H groups in total. The van der Waals surface area contributed by atoms with E-state index < -0.39 is 5.91 Å². The van der Waals surface area contributed by atoms with Gasteiger partial charge in [0.15, 0.2) is 5.78 Å². The number of nitrogens with zero attached hydrogens (tertiary/aromatic N) is 2. The van der Waals surface area contributed by atoms with Crippen molar-refractivity contribution in [3.05, 3.63) is 53.3 Å². The Kier molecular flexibility index (Phi) is 5.01. The molecule has 2 aromatic heterocycles. The maximum absolute atomic E-state index is 13.1. The molecule has 0 radical (unpaired) electrons. The molecule has 7 heteroatoms. The number of hydrogen-bond donors (Lipinski definition) is 2. The molecule has 1 saturated heterocycles. The summed E-state index contributed by atoms with van der Waals surface area (Å²) in [7, 11) is 0. The zero-order valence-corrected chi connectivity index (χ0v) is 18.5. The van der Waals surface area contributed by atoms with E-state index in [1.807, 2.05) is 24.3 Å². The van der Waals surface area contributed by atoms with Gasteiger partial charge in [0.25, 0.3) is 5.91 Å². The van der Waals surface area contributed by atoms with Gasteiger partial charge in [-0.25, -0.2) is 4.98 Å². The number of hydrogen-bond acceptors (Lipinski definition) is 5. The fourth-order valence-corrected chi connectivity index (χ4v) is 5.03. The van der Waals surface area contributed by atoms with Crippen LogP contribution in [0.3, 0.4) is 0 Å². The summed E-state index contributed by atoms with van der Waals surface area (Å²) in [6.07, 6.45) is 4.78. The third kappa shape index (κ3) is 3.56. The third-order valence-electron chi connectivity index (χ3n) is 6.50. The van der Waals surface area contributed by atoms with Gasteiger partial charge in [-0.1, -0.05) is 13.8 Å². The van der Waals surface area contributed by atoms with E-state index in [9.17, 15) is 9.59 Å². The average molecular weight is 433 g/mol. The standard InChI is InChI=1S/C25H28N4O3/c1-25(2)13-20-22(21(30)14-25)18-4-3-9-27-24(18)29(20)16-5-6-17(23(26)31)19(12-16)28-15-7-10-32-11-8-15/h3-6,9,12,15,28H,7-8,10-11,13-14H2,1-2H3,(H2,26,31). The fourth-order valence-electron chi connectivity index (χ4n) is 5.03. The summed E-state index contributed by atoms with van der Waals surface area (Å²) < 4.78 is 7.53. The minimum atomic E-state index is -0.472. The molecule has 0 bridgehead atoms. The van der Waals surface area contributed by atoms with E-state index >= 15 is 0 Å². The van der Waals surface area contributed by atoms with Crippen LogP contribution in [0.2, 0.25) is 0 Å². The summed E-state index contributed by atoms with van der Waals surface area (Å²) >= 11 is 0. The number of ketones is 1. The minimum absolute atomic E-state index is 0.132. The molecule has 3 heterocycles. The van der Waals surface area contributed by atoms with Gasteiger partial charge in [-0.3, -0.25) is 14.2 Å². The number of nitrogens with one attached hydrogen (secondary N) is 1. The molecule has 0 spiro atoms. The van der Waals surface area contributed by atoms with Crippen molar-refractivity contribution in [2.75, 3.05) is 18.5 Å². The van der Waals surface area contributed by atoms with Crippen molar-refractivity contribution < 1.29 is 14.3 Å². The second-order valence-corrected chi connectivity index (χ2v) is 9.60. The van der Waals surface area contributed by atoms with Crippen molar-refractivity contribution in [1.29, 1.82) is 0 Å². The Balaban J connectivity index is 1.68. The normalized spacial score (nSPS) is 18.5. The van der Waals surface area contributed by atoms with Crippen molar-refractivity contribution in [3.8, 4) is 5.69 Å². The highest BCUT2D eigenvalue weighted by atomic mass is 16.5. The van der Waals surface area contributed by atoms with Crippen LogP contribution in [-0.4, -0.2) is 40.5 Å². The Hall–Kier alpha value is -3.19. The molecule has 0 atom stereocenters. The number of carbonyl (C=O) groups excluding carboxylic acids is 2. The van der Waals surface area contributed by atoms with Gasteiger partial charge >= 0.3 is 0 Å². The first-order valence-electron chi connectivity index (χ1n) is 11.1. The summed E-state index contributed by atoms with van der Waals surface area (Å²) in [4.78, 5) is 29.9. The number of rotatable bonds is 4. The molecule has 1 aromatic carbocycles. The van der Waals surface area contributed by atoms with Crippen LogP contribution in [0.25, 0.3) is 16.7 Å². The summed E-state index contributed by atoms with van der Waals surface area (Å²) in [6.45, 7) is 5.63. The number of carbonyl (C=O) groups is 2. The molecule has 7 nitrogen and oxygen atoms in total. The number of nitrogens with two attached hydrogens (primary N) is 1. The van der Waals surface area contributed by atoms with Gasteiger partial charge in [-0.2, -0.15) is 0 Å². The highest BCUT2D eigenvalue weighted by molar-refractivity contribution is 6.10. The van der Waals surface area contributed by atoms with Crippen LogP contribution < -0.4 is 11.1 Å². The molecule has 1 aliphatic carbocycles. The van der Waals surface area contributed by atoms with Crippen molar-refractivity contribution in [2.45, 2.75) is 45.6 Å².